The van der Waals surface area contributed by atoms with Crippen LogP contribution < -0.4 is 0 Å². The minimum Gasteiger partial charge on any atom is -0.450 e. The number of carbonyl (C=O) groups is 1. The molecule has 0 aliphatic heterocycles. The Balaban J connectivity index is 3.88. The molecule has 0 heterocycles. The molecule has 1 N–H and O–H groups in total. The fourth-order valence-electron chi connectivity index (χ4n) is 1.64. The Hall–Kier alpha value is -0.513. The van der Waals surface area contributed by atoms with Crippen molar-refractivity contribution in [2.75, 3.05) is 6.61 Å². The molecule has 0 bridgehead atoms. The van der Waals surface area contributed by atoms with E-state index in [4.69, 9.17) is 5.11 Å². The minimum absolute atomic E-state index is 0.386. The van der Waals surface area contributed by atoms with Gasteiger partial charge in [-0.1, -0.05) is 38.9 Å². The first-order valence-corrected chi connectivity index (χ1v) is 7.78. The molecule has 78 valence electrons. The van der Waals surface area contributed by atoms with E-state index < -0.39 is 14.2 Å². The van der Waals surface area contributed by atoms with Crippen molar-refractivity contribution in [3.8, 4) is 0 Å². The van der Waals surface area contributed by atoms with Gasteiger partial charge in [0.1, 0.15) is 0 Å². The van der Waals surface area contributed by atoms with E-state index in [1.165, 1.54) is 18.1 Å². The molecule has 3 nitrogen and oxygen atoms in total. The molecule has 0 spiro atoms. The van der Waals surface area contributed by atoms with Crippen molar-refractivity contribution >= 4 is 14.2 Å². The second-order valence-electron chi connectivity index (χ2n) is 3.43. The highest BCUT2D eigenvalue weighted by molar-refractivity contribution is 6.79. The van der Waals surface area contributed by atoms with E-state index in [0.717, 1.165) is 6.04 Å². The molecule has 0 aliphatic carbocycles. The summed E-state index contributed by atoms with van der Waals surface area (Å²) in [6, 6.07) is 4.65. The molecular weight excluding hydrogens is 184 g/mol. The molecule has 0 atom stereocenters. The van der Waals surface area contributed by atoms with Crippen LogP contribution in [0.5, 0.6) is 0 Å². The van der Waals surface area contributed by atoms with E-state index >= 15 is 0 Å². The monoisotopic (exact) mass is 204 g/mol. The summed E-state index contributed by atoms with van der Waals surface area (Å²) < 4.78 is 4.55. The summed E-state index contributed by atoms with van der Waals surface area (Å²) in [7, 11) is -1.17. The van der Waals surface area contributed by atoms with Crippen molar-refractivity contribution in [2.24, 2.45) is 0 Å². The zero-order valence-corrected chi connectivity index (χ0v) is 9.80. The summed E-state index contributed by atoms with van der Waals surface area (Å²) in [5.41, 5.74) is 0. The van der Waals surface area contributed by atoms with Crippen LogP contribution in [-0.4, -0.2) is 25.9 Å². The van der Waals surface area contributed by atoms with Crippen molar-refractivity contribution in [3.05, 3.63) is 0 Å². The second-order valence-corrected chi connectivity index (χ2v) is 9.05. The maximum Gasteiger partial charge on any atom is 0.505 e. The van der Waals surface area contributed by atoms with Crippen LogP contribution in [0.15, 0.2) is 0 Å². The Labute approximate surface area is 81.1 Å². The standard InChI is InChI=1S/C9H20O3Si/c1-4-13(5-2,6-3)8-7-12-9(10)11/h4-8H2,1-3H3,(H,10,11). The van der Waals surface area contributed by atoms with Gasteiger partial charge in [-0.05, 0) is 6.04 Å². The highest BCUT2D eigenvalue weighted by Gasteiger charge is 2.26. The van der Waals surface area contributed by atoms with Gasteiger partial charge in [-0.25, -0.2) is 4.79 Å². The van der Waals surface area contributed by atoms with Crippen LogP contribution in [0.4, 0.5) is 4.79 Å². The molecular formula is C9H20O3Si. The molecule has 0 aromatic heterocycles. The summed E-state index contributed by atoms with van der Waals surface area (Å²) in [5, 5.41) is 8.32. The van der Waals surface area contributed by atoms with Gasteiger partial charge in [0.15, 0.2) is 0 Å². The summed E-state index contributed by atoms with van der Waals surface area (Å²) in [4.78, 5) is 10.1. The molecule has 0 aliphatic rings. The molecule has 13 heavy (non-hydrogen) atoms. The zero-order valence-electron chi connectivity index (χ0n) is 8.80. The molecule has 0 rings (SSSR count). The highest BCUT2D eigenvalue weighted by atomic mass is 28.3. The lowest BCUT2D eigenvalue weighted by Crippen LogP contribution is -2.32. The fourth-order valence-corrected chi connectivity index (χ4v) is 4.73. The van der Waals surface area contributed by atoms with E-state index in [1.807, 2.05) is 0 Å². The van der Waals surface area contributed by atoms with Crippen LogP contribution in [0.2, 0.25) is 24.2 Å². The lowest BCUT2D eigenvalue weighted by Gasteiger charge is -2.27. The molecule has 0 amide bonds. The average Bonchev–Trinajstić information content (AvgIpc) is 2.13. The first-order valence-electron chi connectivity index (χ1n) is 4.96. The highest BCUT2D eigenvalue weighted by Crippen LogP contribution is 2.24. The van der Waals surface area contributed by atoms with Gasteiger partial charge in [0, 0.05) is 0 Å². The van der Waals surface area contributed by atoms with E-state index in [0.29, 0.717) is 6.61 Å². The van der Waals surface area contributed by atoms with Gasteiger partial charge in [0.05, 0.1) is 14.7 Å². The zero-order chi connectivity index (χ0) is 10.3. The van der Waals surface area contributed by atoms with Gasteiger partial charge in [-0.3, -0.25) is 0 Å². The molecule has 0 saturated carbocycles. The Bertz CT molecular complexity index is 147. The fraction of sp³-hybridized carbons (Fsp3) is 0.889. The maximum absolute atomic E-state index is 10.1. The van der Waals surface area contributed by atoms with Gasteiger partial charge >= 0.3 is 6.16 Å². The van der Waals surface area contributed by atoms with Crippen molar-refractivity contribution in [1.29, 1.82) is 0 Å². The Morgan fingerprint density at radius 1 is 1.23 bits per heavy atom. The minimum atomic E-state index is -1.17. The van der Waals surface area contributed by atoms with Crippen molar-refractivity contribution < 1.29 is 14.6 Å². The first-order chi connectivity index (χ1) is 6.10. The van der Waals surface area contributed by atoms with Crippen molar-refractivity contribution in [1.82, 2.24) is 0 Å². The number of hydrogen-bond acceptors (Lipinski definition) is 2. The predicted molar refractivity (Wildman–Crippen MR) is 56.0 cm³/mol. The third kappa shape index (κ3) is 4.31. The summed E-state index contributed by atoms with van der Waals surface area (Å²) in [5.74, 6) is 0. The predicted octanol–water partition coefficient (Wildman–Crippen LogP) is 3.19. The summed E-state index contributed by atoms with van der Waals surface area (Å²) in [6.07, 6.45) is -1.15. The Morgan fingerprint density at radius 2 is 1.69 bits per heavy atom. The van der Waals surface area contributed by atoms with Crippen LogP contribution >= 0.6 is 0 Å². The largest absolute Gasteiger partial charge is 0.505 e. The molecule has 0 aromatic carbocycles. The van der Waals surface area contributed by atoms with Crippen LogP contribution in [0.25, 0.3) is 0 Å². The number of rotatable bonds is 6. The topological polar surface area (TPSA) is 46.5 Å². The number of carboxylic acid groups (broad SMARTS) is 1. The van der Waals surface area contributed by atoms with Crippen LogP contribution in [-0.2, 0) is 4.74 Å². The van der Waals surface area contributed by atoms with E-state index in [-0.39, 0.29) is 0 Å². The van der Waals surface area contributed by atoms with Gasteiger partial charge in [0.25, 0.3) is 0 Å². The Kier molecular flexibility index (Phi) is 5.78. The molecule has 0 saturated heterocycles. The summed E-state index contributed by atoms with van der Waals surface area (Å²) in [6.45, 7) is 7.01. The van der Waals surface area contributed by atoms with Gasteiger partial charge in [-0.2, -0.15) is 0 Å². The first kappa shape index (κ1) is 12.5. The second kappa shape index (κ2) is 6.02. The van der Waals surface area contributed by atoms with Crippen LogP contribution in [0.1, 0.15) is 20.8 Å². The van der Waals surface area contributed by atoms with E-state index in [9.17, 15) is 4.79 Å². The van der Waals surface area contributed by atoms with E-state index in [2.05, 4.69) is 25.5 Å². The van der Waals surface area contributed by atoms with Gasteiger partial charge < -0.3 is 9.84 Å². The van der Waals surface area contributed by atoms with Crippen molar-refractivity contribution in [2.45, 2.75) is 44.9 Å². The average molecular weight is 204 g/mol. The third-order valence-corrected chi connectivity index (χ3v) is 8.87. The van der Waals surface area contributed by atoms with Crippen LogP contribution in [0.3, 0.4) is 0 Å². The van der Waals surface area contributed by atoms with E-state index in [1.54, 1.807) is 0 Å². The van der Waals surface area contributed by atoms with Crippen molar-refractivity contribution in [3.63, 3.8) is 0 Å². The van der Waals surface area contributed by atoms with Crippen LogP contribution in [0, 0.1) is 0 Å². The van der Waals surface area contributed by atoms with Gasteiger partial charge in [0.2, 0.25) is 0 Å². The molecule has 0 aromatic rings. The number of ether oxygens (including phenoxy) is 1. The molecule has 0 fully saturated rings. The maximum atomic E-state index is 10.1. The molecule has 0 unspecified atom stereocenters. The lowest BCUT2D eigenvalue weighted by atomic mass is 10.8. The molecule has 0 radical (unpaired) electrons. The number of hydrogen-bond donors (Lipinski definition) is 1. The lowest BCUT2D eigenvalue weighted by molar-refractivity contribution is 0.0962. The summed E-state index contributed by atoms with van der Waals surface area (Å²) >= 11 is 0. The normalized spacial score (nSPS) is 11.3. The SMILES string of the molecule is CC[Si](CC)(CC)CCOC(=O)O. The third-order valence-electron chi connectivity index (χ3n) is 3.11. The quantitative estimate of drug-likeness (QED) is 0.534. The molecule has 4 heteroatoms. The Morgan fingerprint density at radius 3 is 2.00 bits per heavy atom. The van der Waals surface area contributed by atoms with Gasteiger partial charge in [-0.15, -0.1) is 0 Å². The smallest absolute Gasteiger partial charge is 0.450 e.